The average molecular weight is 419 g/mol. The summed E-state index contributed by atoms with van der Waals surface area (Å²) >= 11 is 7.76. The van der Waals surface area contributed by atoms with E-state index in [0.717, 1.165) is 15.7 Å². The van der Waals surface area contributed by atoms with Gasteiger partial charge in [-0.3, -0.25) is 4.57 Å². The zero-order chi connectivity index (χ0) is 19.9. The third kappa shape index (κ3) is 4.79. The second kappa shape index (κ2) is 9.52. The molecule has 3 aromatic rings. The maximum absolute atomic E-state index is 11.6. The van der Waals surface area contributed by atoms with E-state index in [-0.39, 0.29) is 12.3 Å². The van der Waals surface area contributed by atoms with Crippen LogP contribution in [0.15, 0.2) is 41.6 Å². The number of hydrogen-bond donors (Lipinski definition) is 1. The Balaban J connectivity index is 1.69. The van der Waals surface area contributed by atoms with Crippen molar-refractivity contribution in [2.75, 3.05) is 11.9 Å². The number of esters is 1. The van der Waals surface area contributed by atoms with Crippen molar-refractivity contribution in [2.45, 2.75) is 31.3 Å². The lowest BCUT2D eigenvalue weighted by atomic mass is 10.2. The molecule has 0 radical (unpaired) electrons. The highest BCUT2D eigenvalue weighted by molar-refractivity contribution is 7.98. The zero-order valence-corrected chi connectivity index (χ0v) is 17.0. The molecule has 0 amide bonds. The molecule has 28 heavy (non-hydrogen) atoms. The molecule has 1 aromatic carbocycles. The maximum Gasteiger partial charge on any atom is 0.358 e. The highest BCUT2D eigenvalue weighted by Crippen LogP contribution is 2.27. The topological polar surface area (TPSA) is 94.8 Å². The van der Waals surface area contributed by atoms with Crippen LogP contribution in [0.1, 0.15) is 29.9 Å². The highest BCUT2D eigenvalue weighted by atomic mass is 35.5. The number of nitrogens with zero attached hydrogens (tertiary/aromatic N) is 5. The molecule has 0 spiro atoms. The molecule has 0 bridgehead atoms. The number of carbonyl (C=O) groups excluding carboxylic acids is 1. The third-order valence-electron chi connectivity index (χ3n) is 3.74. The first kappa shape index (κ1) is 20.1. The van der Waals surface area contributed by atoms with Crippen LogP contribution in [0.2, 0.25) is 5.02 Å². The molecule has 0 saturated heterocycles. The quantitative estimate of drug-likeness (QED) is 0.434. The van der Waals surface area contributed by atoms with E-state index in [9.17, 15) is 4.79 Å². The number of benzene rings is 1. The summed E-state index contributed by atoms with van der Waals surface area (Å²) in [5, 5.41) is 20.9. The minimum absolute atomic E-state index is 0.153. The molecule has 0 aliphatic carbocycles. The highest BCUT2D eigenvalue weighted by Gasteiger charge is 2.14. The average Bonchev–Trinajstić information content (AvgIpc) is 3.09. The summed E-state index contributed by atoms with van der Waals surface area (Å²) in [5.41, 5.74) is 1.19. The van der Waals surface area contributed by atoms with Gasteiger partial charge in [-0.1, -0.05) is 41.6 Å². The van der Waals surface area contributed by atoms with Crippen molar-refractivity contribution in [1.82, 2.24) is 25.0 Å². The van der Waals surface area contributed by atoms with Gasteiger partial charge in [0.15, 0.2) is 16.7 Å². The number of thioether (sulfide) groups is 1. The molecule has 0 atom stereocenters. The van der Waals surface area contributed by atoms with Crippen LogP contribution in [0.5, 0.6) is 0 Å². The second-order valence-electron chi connectivity index (χ2n) is 5.58. The van der Waals surface area contributed by atoms with Gasteiger partial charge in [-0.15, -0.1) is 20.4 Å². The van der Waals surface area contributed by atoms with Gasteiger partial charge in [0.25, 0.3) is 0 Å². The molecule has 1 N–H and O–H groups in total. The van der Waals surface area contributed by atoms with Crippen molar-refractivity contribution < 1.29 is 9.53 Å². The largest absolute Gasteiger partial charge is 0.461 e. The summed E-state index contributed by atoms with van der Waals surface area (Å²) in [5.74, 6) is 1.18. The first-order chi connectivity index (χ1) is 13.6. The van der Waals surface area contributed by atoms with E-state index in [1.165, 1.54) is 0 Å². The number of anilines is 2. The van der Waals surface area contributed by atoms with Crippen LogP contribution in [0, 0.1) is 0 Å². The number of rotatable bonds is 8. The summed E-state index contributed by atoms with van der Waals surface area (Å²) in [6, 6.07) is 10.9. The number of hydrogen-bond acceptors (Lipinski definition) is 8. The van der Waals surface area contributed by atoms with Gasteiger partial charge in [0, 0.05) is 17.3 Å². The van der Waals surface area contributed by atoms with Gasteiger partial charge < -0.3 is 10.1 Å². The number of ether oxygens (including phenoxy) is 1. The van der Waals surface area contributed by atoms with Crippen molar-refractivity contribution in [1.29, 1.82) is 0 Å². The van der Waals surface area contributed by atoms with Gasteiger partial charge in [-0.2, -0.15) is 0 Å². The summed E-state index contributed by atoms with van der Waals surface area (Å²) in [6.45, 7) is 4.70. The fourth-order valence-corrected chi connectivity index (χ4v) is 3.65. The Hall–Kier alpha value is -2.65. The normalized spacial score (nSPS) is 10.7. The number of aromatic nitrogens is 5. The number of carbonyl (C=O) groups is 1. The standard InChI is InChI=1S/C18H19ClN6O2S/c1-3-25-17(20-15-10-9-14(21-22-15)16(26)27-4-2)23-24-18(25)28-11-12-7-5-6-8-13(12)19/h5-10H,3-4,11H2,1-2H3,(H,20,22,23). The van der Waals surface area contributed by atoms with E-state index < -0.39 is 5.97 Å². The van der Waals surface area contributed by atoms with Crippen molar-refractivity contribution in [3.8, 4) is 0 Å². The lowest BCUT2D eigenvalue weighted by molar-refractivity contribution is 0.0518. The van der Waals surface area contributed by atoms with Crippen LogP contribution in [0.4, 0.5) is 11.8 Å². The van der Waals surface area contributed by atoms with Crippen molar-refractivity contribution >= 4 is 41.1 Å². The maximum atomic E-state index is 11.6. The second-order valence-corrected chi connectivity index (χ2v) is 6.93. The molecule has 0 aliphatic heterocycles. The minimum atomic E-state index is -0.503. The Bertz CT molecular complexity index is 948. The Labute approximate surface area is 171 Å². The van der Waals surface area contributed by atoms with Crippen molar-refractivity contribution in [2.24, 2.45) is 0 Å². The smallest absolute Gasteiger partial charge is 0.358 e. The lowest BCUT2D eigenvalue weighted by Crippen LogP contribution is -2.09. The summed E-state index contributed by atoms with van der Waals surface area (Å²) in [4.78, 5) is 11.6. The Morgan fingerprint density at radius 3 is 2.64 bits per heavy atom. The van der Waals surface area contributed by atoms with Crippen LogP contribution in [0.25, 0.3) is 0 Å². The van der Waals surface area contributed by atoms with Crippen molar-refractivity contribution in [3.63, 3.8) is 0 Å². The molecule has 10 heteroatoms. The van der Waals surface area contributed by atoms with Gasteiger partial charge in [-0.05, 0) is 37.6 Å². The Kier molecular flexibility index (Phi) is 6.83. The van der Waals surface area contributed by atoms with Crippen LogP contribution in [-0.2, 0) is 17.0 Å². The molecule has 0 fully saturated rings. The molecule has 146 valence electrons. The van der Waals surface area contributed by atoms with E-state index >= 15 is 0 Å². The van der Waals surface area contributed by atoms with Gasteiger partial charge >= 0.3 is 5.97 Å². The molecule has 2 heterocycles. The molecule has 0 unspecified atom stereocenters. The monoisotopic (exact) mass is 418 g/mol. The fourth-order valence-electron chi connectivity index (χ4n) is 2.36. The minimum Gasteiger partial charge on any atom is -0.461 e. The third-order valence-corrected chi connectivity index (χ3v) is 5.12. The van der Waals surface area contributed by atoms with E-state index in [1.54, 1.807) is 30.8 Å². The van der Waals surface area contributed by atoms with Gasteiger partial charge in [0.2, 0.25) is 5.95 Å². The van der Waals surface area contributed by atoms with Crippen LogP contribution in [-0.4, -0.2) is 37.5 Å². The zero-order valence-electron chi connectivity index (χ0n) is 15.4. The Morgan fingerprint density at radius 2 is 1.96 bits per heavy atom. The van der Waals surface area contributed by atoms with Crippen molar-refractivity contribution in [3.05, 3.63) is 52.7 Å². The molecule has 0 aliphatic rings. The summed E-state index contributed by atoms with van der Waals surface area (Å²) in [7, 11) is 0. The fraction of sp³-hybridized carbons (Fsp3) is 0.278. The first-order valence-electron chi connectivity index (χ1n) is 8.69. The van der Waals surface area contributed by atoms with Crippen LogP contribution >= 0.6 is 23.4 Å². The molecular formula is C18H19ClN6O2S. The predicted molar refractivity (Wildman–Crippen MR) is 108 cm³/mol. The number of nitrogens with one attached hydrogen (secondary N) is 1. The van der Waals surface area contributed by atoms with Crippen LogP contribution in [0.3, 0.4) is 0 Å². The van der Waals surface area contributed by atoms with E-state index in [1.807, 2.05) is 35.8 Å². The SMILES string of the molecule is CCOC(=O)c1ccc(Nc2nnc(SCc3ccccc3Cl)n2CC)nn1. The molecular weight excluding hydrogens is 400 g/mol. The van der Waals surface area contributed by atoms with Crippen LogP contribution < -0.4 is 5.32 Å². The van der Waals surface area contributed by atoms with Gasteiger partial charge in [0.1, 0.15) is 0 Å². The van der Waals surface area contributed by atoms with Gasteiger partial charge in [0.05, 0.1) is 6.61 Å². The summed E-state index contributed by atoms with van der Waals surface area (Å²) in [6.07, 6.45) is 0. The molecule has 8 nitrogen and oxygen atoms in total. The van der Waals surface area contributed by atoms with E-state index in [4.69, 9.17) is 16.3 Å². The molecule has 2 aromatic heterocycles. The van der Waals surface area contributed by atoms with Gasteiger partial charge in [-0.25, -0.2) is 4.79 Å². The lowest BCUT2D eigenvalue weighted by Gasteiger charge is -2.09. The summed E-state index contributed by atoms with van der Waals surface area (Å²) < 4.78 is 6.83. The Morgan fingerprint density at radius 1 is 1.14 bits per heavy atom. The van der Waals surface area contributed by atoms with E-state index in [0.29, 0.717) is 24.1 Å². The molecule has 0 saturated carbocycles. The predicted octanol–water partition coefficient (Wildman–Crippen LogP) is 3.95. The molecule has 3 rings (SSSR count). The van der Waals surface area contributed by atoms with E-state index in [2.05, 4.69) is 25.7 Å². The number of halogens is 1. The first-order valence-corrected chi connectivity index (χ1v) is 10.1.